The molecule has 58 valence electrons. The van der Waals surface area contributed by atoms with Gasteiger partial charge in [-0.15, -0.1) is 0 Å². The molecule has 0 bridgehead atoms. The lowest BCUT2D eigenvalue weighted by Gasteiger charge is -2.32. The number of rotatable bonds is 2. The van der Waals surface area contributed by atoms with E-state index < -0.39 is 0 Å². The van der Waals surface area contributed by atoms with Gasteiger partial charge in [-0.1, -0.05) is 13.3 Å². The SMILES string of the molecule is COC(=O)CC1CCC1C. The second-order valence-electron chi connectivity index (χ2n) is 3.09. The highest BCUT2D eigenvalue weighted by atomic mass is 16.5. The number of methoxy groups -OCH3 is 1. The van der Waals surface area contributed by atoms with E-state index in [1.165, 1.54) is 20.0 Å². The van der Waals surface area contributed by atoms with Crippen LogP contribution < -0.4 is 0 Å². The maximum Gasteiger partial charge on any atom is 0.305 e. The maximum absolute atomic E-state index is 10.7. The van der Waals surface area contributed by atoms with E-state index in [-0.39, 0.29) is 5.97 Å². The smallest absolute Gasteiger partial charge is 0.305 e. The molecule has 1 rings (SSSR count). The summed E-state index contributed by atoms with van der Waals surface area (Å²) >= 11 is 0. The Hall–Kier alpha value is -0.530. The minimum Gasteiger partial charge on any atom is -0.469 e. The highest BCUT2D eigenvalue weighted by Gasteiger charge is 2.28. The quantitative estimate of drug-likeness (QED) is 0.547. The molecule has 0 aromatic heterocycles. The van der Waals surface area contributed by atoms with Crippen molar-refractivity contribution in [3.63, 3.8) is 0 Å². The molecule has 1 aliphatic rings. The van der Waals surface area contributed by atoms with Crippen LogP contribution in [-0.2, 0) is 9.53 Å². The molecule has 1 saturated carbocycles. The van der Waals surface area contributed by atoms with Crippen LogP contribution in [0.1, 0.15) is 26.2 Å². The van der Waals surface area contributed by atoms with Crippen LogP contribution in [0.2, 0.25) is 0 Å². The molecular weight excluding hydrogens is 128 g/mol. The summed E-state index contributed by atoms with van der Waals surface area (Å²) in [5.74, 6) is 1.28. The van der Waals surface area contributed by atoms with E-state index in [1.807, 2.05) is 0 Å². The Morgan fingerprint density at radius 1 is 1.60 bits per heavy atom. The summed E-state index contributed by atoms with van der Waals surface area (Å²) in [5, 5.41) is 0. The van der Waals surface area contributed by atoms with Crippen molar-refractivity contribution in [2.75, 3.05) is 7.11 Å². The lowest BCUT2D eigenvalue weighted by atomic mass is 9.73. The third-order valence-corrected chi connectivity index (χ3v) is 2.45. The number of esters is 1. The first-order valence-electron chi connectivity index (χ1n) is 3.81. The zero-order chi connectivity index (χ0) is 7.56. The fraction of sp³-hybridized carbons (Fsp3) is 0.875. The van der Waals surface area contributed by atoms with Crippen LogP contribution in [-0.4, -0.2) is 13.1 Å². The van der Waals surface area contributed by atoms with Crippen molar-refractivity contribution >= 4 is 5.97 Å². The second kappa shape index (κ2) is 3.04. The molecular formula is C8H14O2. The minimum absolute atomic E-state index is 0.0588. The van der Waals surface area contributed by atoms with Gasteiger partial charge in [-0.25, -0.2) is 0 Å². The molecule has 2 atom stereocenters. The summed E-state index contributed by atoms with van der Waals surface area (Å²) in [4.78, 5) is 10.7. The monoisotopic (exact) mass is 142 g/mol. The number of carbonyl (C=O) groups excluding carboxylic acids is 1. The van der Waals surface area contributed by atoms with Crippen molar-refractivity contribution in [1.82, 2.24) is 0 Å². The van der Waals surface area contributed by atoms with Gasteiger partial charge in [-0.2, -0.15) is 0 Å². The minimum atomic E-state index is -0.0588. The van der Waals surface area contributed by atoms with Crippen LogP contribution in [0.5, 0.6) is 0 Å². The van der Waals surface area contributed by atoms with Crippen molar-refractivity contribution in [1.29, 1.82) is 0 Å². The number of carbonyl (C=O) groups is 1. The first-order chi connectivity index (χ1) is 4.74. The van der Waals surface area contributed by atoms with Gasteiger partial charge in [0.15, 0.2) is 0 Å². The van der Waals surface area contributed by atoms with Gasteiger partial charge in [0.05, 0.1) is 7.11 Å². The Morgan fingerprint density at radius 3 is 2.60 bits per heavy atom. The molecule has 0 spiro atoms. The van der Waals surface area contributed by atoms with Gasteiger partial charge in [-0.3, -0.25) is 4.79 Å². The van der Waals surface area contributed by atoms with E-state index in [0.29, 0.717) is 12.3 Å². The van der Waals surface area contributed by atoms with Crippen molar-refractivity contribution in [2.24, 2.45) is 11.8 Å². The van der Waals surface area contributed by atoms with E-state index in [2.05, 4.69) is 11.7 Å². The summed E-state index contributed by atoms with van der Waals surface area (Å²) in [5.41, 5.74) is 0. The Labute approximate surface area is 61.6 Å². The third kappa shape index (κ3) is 1.49. The topological polar surface area (TPSA) is 26.3 Å². The molecule has 2 heteroatoms. The molecule has 0 N–H and O–H groups in total. The molecule has 0 aromatic carbocycles. The molecule has 1 fully saturated rings. The van der Waals surface area contributed by atoms with Crippen LogP contribution in [0.3, 0.4) is 0 Å². The average Bonchev–Trinajstić information content (AvgIpc) is 1.96. The molecule has 0 amide bonds. The Bertz CT molecular complexity index is 131. The van der Waals surface area contributed by atoms with Gasteiger partial charge in [0, 0.05) is 6.42 Å². The zero-order valence-corrected chi connectivity index (χ0v) is 6.59. The molecule has 0 aromatic rings. The van der Waals surface area contributed by atoms with Gasteiger partial charge >= 0.3 is 5.97 Å². The fourth-order valence-electron chi connectivity index (χ4n) is 1.34. The molecule has 0 radical (unpaired) electrons. The number of hydrogen-bond acceptors (Lipinski definition) is 2. The van der Waals surface area contributed by atoms with Crippen LogP contribution >= 0.6 is 0 Å². The normalized spacial score (nSPS) is 31.0. The molecule has 2 nitrogen and oxygen atoms in total. The highest BCUT2D eigenvalue weighted by molar-refractivity contribution is 5.69. The van der Waals surface area contributed by atoms with Crippen molar-refractivity contribution in [3.8, 4) is 0 Å². The fourth-order valence-corrected chi connectivity index (χ4v) is 1.34. The summed E-state index contributed by atoms with van der Waals surface area (Å²) < 4.78 is 4.57. The first kappa shape index (κ1) is 7.58. The van der Waals surface area contributed by atoms with Gasteiger partial charge in [0.2, 0.25) is 0 Å². The zero-order valence-electron chi connectivity index (χ0n) is 6.59. The maximum atomic E-state index is 10.7. The van der Waals surface area contributed by atoms with E-state index >= 15 is 0 Å². The van der Waals surface area contributed by atoms with Crippen LogP contribution in [0, 0.1) is 11.8 Å². The summed E-state index contributed by atoms with van der Waals surface area (Å²) in [6, 6.07) is 0. The predicted octanol–water partition coefficient (Wildman–Crippen LogP) is 1.60. The van der Waals surface area contributed by atoms with Gasteiger partial charge in [-0.05, 0) is 18.3 Å². The molecule has 10 heavy (non-hydrogen) atoms. The van der Waals surface area contributed by atoms with E-state index in [0.717, 1.165) is 5.92 Å². The second-order valence-corrected chi connectivity index (χ2v) is 3.09. The van der Waals surface area contributed by atoms with E-state index in [9.17, 15) is 4.79 Å². The average molecular weight is 142 g/mol. The van der Waals surface area contributed by atoms with Gasteiger partial charge in [0.1, 0.15) is 0 Å². The van der Waals surface area contributed by atoms with Crippen LogP contribution in [0.25, 0.3) is 0 Å². The Morgan fingerprint density at radius 2 is 2.30 bits per heavy atom. The standard InChI is InChI=1S/C8H14O2/c1-6-3-4-7(6)5-8(9)10-2/h6-7H,3-5H2,1-2H3. The van der Waals surface area contributed by atoms with E-state index in [1.54, 1.807) is 0 Å². The lowest BCUT2D eigenvalue weighted by molar-refractivity contribution is -0.143. The number of hydrogen-bond donors (Lipinski definition) is 0. The summed E-state index contributed by atoms with van der Waals surface area (Å²) in [7, 11) is 1.45. The van der Waals surface area contributed by atoms with Gasteiger partial charge in [0.25, 0.3) is 0 Å². The third-order valence-electron chi connectivity index (χ3n) is 2.45. The van der Waals surface area contributed by atoms with E-state index in [4.69, 9.17) is 0 Å². The van der Waals surface area contributed by atoms with Crippen LogP contribution in [0.15, 0.2) is 0 Å². The van der Waals surface area contributed by atoms with Crippen LogP contribution in [0.4, 0.5) is 0 Å². The Kier molecular flexibility index (Phi) is 2.30. The predicted molar refractivity (Wildman–Crippen MR) is 38.5 cm³/mol. The molecule has 0 heterocycles. The highest BCUT2D eigenvalue weighted by Crippen LogP contribution is 2.36. The molecule has 2 unspecified atom stereocenters. The first-order valence-corrected chi connectivity index (χ1v) is 3.81. The Balaban J connectivity index is 2.19. The van der Waals surface area contributed by atoms with Crippen molar-refractivity contribution in [3.05, 3.63) is 0 Å². The lowest BCUT2D eigenvalue weighted by Crippen LogP contribution is -2.25. The van der Waals surface area contributed by atoms with Crippen molar-refractivity contribution < 1.29 is 9.53 Å². The molecule has 1 aliphatic carbocycles. The summed E-state index contributed by atoms with van der Waals surface area (Å²) in [6.07, 6.45) is 3.11. The van der Waals surface area contributed by atoms with Crippen molar-refractivity contribution in [2.45, 2.75) is 26.2 Å². The molecule has 0 aliphatic heterocycles. The largest absolute Gasteiger partial charge is 0.469 e. The number of ether oxygens (including phenoxy) is 1. The van der Waals surface area contributed by atoms with Gasteiger partial charge < -0.3 is 4.74 Å². The molecule has 0 saturated heterocycles. The summed E-state index contributed by atoms with van der Waals surface area (Å²) in [6.45, 7) is 2.19.